The zero-order valence-corrected chi connectivity index (χ0v) is 15.9. The predicted molar refractivity (Wildman–Crippen MR) is 100 cm³/mol. The molecule has 0 unspecified atom stereocenters. The fraction of sp³-hybridized carbons (Fsp3) is 0.632. The number of carbonyl (C=O) groups is 1. The first-order valence-electron chi connectivity index (χ1n) is 9.46. The van der Waals surface area contributed by atoms with Crippen LogP contribution in [0.2, 0.25) is 0 Å². The van der Waals surface area contributed by atoms with Crippen LogP contribution in [0, 0.1) is 11.8 Å². The summed E-state index contributed by atoms with van der Waals surface area (Å²) in [5.41, 5.74) is 1.54. The van der Waals surface area contributed by atoms with E-state index in [0.717, 1.165) is 25.1 Å². The number of nitrogens with zero attached hydrogens (tertiary/aromatic N) is 1. The molecule has 7 heteroatoms. The van der Waals surface area contributed by atoms with Crippen LogP contribution in [-0.2, 0) is 14.6 Å². The Hall–Kier alpha value is -1.60. The number of ether oxygens (including phenoxy) is 1. The number of benzene rings is 1. The van der Waals surface area contributed by atoms with E-state index in [4.69, 9.17) is 4.74 Å². The molecule has 1 aromatic carbocycles. The molecule has 3 fully saturated rings. The van der Waals surface area contributed by atoms with Crippen LogP contribution >= 0.6 is 0 Å². The van der Waals surface area contributed by atoms with Gasteiger partial charge in [-0.05, 0) is 31.0 Å². The summed E-state index contributed by atoms with van der Waals surface area (Å²) in [6.45, 7) is 3.91. The van der Waals surface area contributed by atoms with Gasteiger partial charge in [0.05, 0.1) is 17.6 Å². The van der Waals surface area contributed by atoms with Crippen LogP contribution in [0.3, 0.4) is 0 Å². The lowest BCUT2D eigenvalue weighted by Crippen LogP contribution is -2.61. The Balaban J connectivity index is 1.44. The van der Waals surface area contributed by atoms with Gasteiger partial charge in [-0.25, -0.2) is 8.42 Å². The van der Waals surface area contributed by atoms with Crippen LogP contribution in [-0.4, -0.2) is 57.7 Å². The highest BCUT2D eigenvalue weighted by atomic mass is 32.2. The molecule has 4 rings (SSSR count). The molecule has 142 valence electrons. The minimum absolute atomic E-state index is 0.0507. The SMILES string of the molecule is CC[C@@H]1[C@H](NC(=O)c2cccc(N3CCS(=O)(=O)CC3)c2)[C@@H]2CCO[C@H]12. The number of hydrogen-bond acceptors (Lipinski definition) is 5. The van der Waals surface area contributed by atoms with E-state index >= 15 is 0 Å². The predicted octanol–water partition coefficient (Wildman–Crippen LogP) is 1.46. The Bertz CT molecular complexity index is 780. The van der Waals surface area contributed by atoms with Crippen molar-refractivity contribution in [3.63, 3.8) is 0 Å². The number of sulfone groups is 1. The Kier molecular flexibility index (Phi) is 4.69. The third kappa shape index (κ3) is 3.22. The summed E-state index contributed by atoms with van der Waals surface area (Å²) in [6, 6.07) is 7.70. The van der Waals surface area contributed by atoms with Crippen molar-refractivity contribution in [2.75, 3.05) is 36.1 Å². The van der Waals surface area contributed by atoms with Gasteiger partial charge in [0.2, 0.25) is 0 Å². The van der Waals surface area contributed by atoms with E-state index in [1.807, 2.05) is 29.2 Å². The first kappa shape index (κ1) is 17.8. The van der Waals surface area contributed by atoms with Crippen LogP contribution in [0.4, 0.5) is 5.69 Å². The summed E-state index contributed by atoms with van der Waals surface area (Å²) >= 11 is 0. The smallest absolute Gasteiger partial charge is 0.251 e. The van der Waals surface area contributed by atoms with E-state index in [1.165, 1.54) is 0 Å². The minimum Gasteiger partial charge on any atom is -0.377 e. The summed E-state index contributed by atoms with van der Waals surface area (Å²) < 4.78 is 29.0. The van der Waals surface area contributed by atoms with E-state index in [1.54, 1.807) is 0 Å². The first-order chi connectivity index (χ1) is 12.5. The fourth-order valence-electron chi connectivity index (χ4n) is 4.58. The molecule has 26 heavy (non-hydrogen) atoms. The van der Waals surface area contributed by atoms with Crippen molar-refractivity contribution >= 4 is 21.4 Å². The molecule has 1 aromatic rings. The molecule has 2 saturated heterocycles. The second-order valence-corrected chi connectivity index (χ2v) is 9.85. The molecule has 1 N–H and O–H groups in total. The molecule has 0 bridgehead atoms. The molecular weight excluding hydrogens is 352 g/mol. The summed E-state index contributed by atoms with van der Waals surface area (Å²) in [5.74, 6) is 1.14. The quantitative estimate of drug-likeness (QED) is 0.859. The molecule has 0 aromatic heterocycles. The second kappa shape index (κ2) is 6.85. The molecular formula is C19H26N2O4S. The molecule has 2 aliphatic heterocycles. The highest BCUT2D eigenvalue weighted by molar-refractivity contribution is 7.91. The van der Waals surface area contributed by atoms with Crippen molar-refractivity contribution in [2.24, 2.45) is 11.8 Å². The summed E-state index contributed by atoms with van der Waals surface area (Å²) in [4.78, 5) is 14.8. The van der Waals surface area contributed by atoms with Crippen LogP contribution in [0.25, 0.3) is 0 Å². The molecule has 1 saturated carbocycles. The van der Waals surface area contributed by atoms with E-state index in [9.17, 15) is 13.2 Å². The molecule has 4 atom stereocenters. The first-order valence-corrected chi connectivity index (χ1v) is 11.3. The number of carbonyl (C=O) groups excluding carboxylic acids is 1. The average molecular weight is 378 g/mol. The van der Waals surface area contributed by atoms with Crippen LogP contribution in [0.15, 0.2) is 24.3 Å². The molecule has 3 aliphatic rings. The Labute approximate surface area is 154 Å². The Morgan fingerprint density at radius 2 is 2.08 bits per heavy atom. The maximum absolute atomic E-state index is 12.8. The van der Waals surface area contributed by atoms with E-state index in [2.05, 4.69) is 12.2 Å². The van der Waals surface area contributed by atoms with Crippen LogP contribution in [0.5, 0.6) is 0 Å². The van der Waals surface area contributed by atoms with Gasteiger partial charge < -0.3 is 15.0 Å². The third-order valence-corrected chi connectivity index (χ3v) is 7.72. The van der Waals surface area contributed by atoms with Crippen molar-refractivity contribution < 1.29 is 17.9 Å². The molecule has 0 spiro atoms. The molecule has 0 radical (unpaired) electrons. The zero-order valence-electron chi connectivity index (χ0n) is 15.1. The third-order valence-electron chi connectivity index (χ3n) is 6.12. The van der Waals surface area contributed by atoms with E-state index in [0.29, 0.717) is 36.6 Å². The van der Waals surface area contributed by atoms with Crippen molar-refractivity contribution in [2.45, 2.75) is 31.9 Å². The van der Waals surface area contributed by atoms with Crippen LogP contribution in [0.1, 0.15) is 30.1 Å². The van der Waals surface area contributed by atoms with Crippen LogP contribution < -0.4 is 10.2 Å². The van der Waals surface area contributed by atoms with Crippen molar-refractivity contribution in [1.29, 1.82) is 0 Å². The lowest BCUT2D eigenvalue weighted by atomic mass is 9.65. The number of hydrogen-bond donors (Lipinski definition) is 1. The minimum atomic E-state index is -2.91. The lowest BCUT2D eigenvalue weighted by molar-refractivity contribution is -0.0545. The molecule has 2 heterocycles. The molecule has 1 aliphatic carbocycles. The number of amides is 1. The number of rotatable bonds is 4. The van der Waals surface area contributed by atoms with Gasteiger partial charge in [-0.3, -0.25) is 4.79 Å². The highest BCUT2D eigenvalue weighted by Gasteiger charge is 2.53. The summed E-state index contributed by atoms with van der Waals surface area (Å²) in [6.07, 6.45) is 2.34. The van der Waals surface area contributed by atoms with Crippen molar-refractivity contribution in [3.8, 4) is 0 Å². The van der Waals surface area contributed by atoms with Gasteiger partial charge in [-0.2, -0.15) is 0 Å². The van der Waals surface area contributed by atoms with Gasteiger partial charge in [-0.1, -0.05) is 13.0 Å². The Morgan fingerprint density at radius 1 is 1.31 bits per heavy atom. The topological polar surface area (TPSA) is 75.7 Å². The standard InChI is InChI=1S/C19H26N2O4S/c1-2-15-17(16-6-9-25-18(15)16)20-19(22)13-4-3-5-14(12-13)21-7-10-26(23,24)11-8-21/h3-5,12,15-18H,2,6-11H2,1H3,(H,20,22)/t15-,16+,17+,18-/m1/s1. The van der Waals surface area contributed by atoms with Crippen molar-refractivity contribution in [3.05, 3.63) is 29.8 Å². The zero-order chi connectivity index (χ0) is 18.3. The monoisotopic (exact) mass is 378 g/mol. The second-order valence-electron chi connectivity index (χ2n) is 7.55. The lowest BCUT2D eigenvalue weighted by Gasteiger charge is -2.47. The highest BCUT2D eigenvalue weighted by Crippen LogP contribution is 2.45. The summed E-state index contributed by atoms with van der Waals surface area (Å²) in [5, 5.41) is 3.21. The molecule has 1 amide bonds. The Morgan fingerprint density at radius 3 is 2.81 bits per heavy atom. The van der Waals surface area contributed by atoms with E-state index in [-0.39, 0.29) is 23.5 Å². The normalized spacial score (nSPS) is 32.6. The number of anilines is 1. The van der Waals surface area contributed by atoms with Gasteiger partial charge in [0.25, 0.3) is 5.91 Å². The summed E-state index contributed by atoms with van der Waals surface area (Å²) in [7, 11) is -2.91. The van der Waals surface area contributed by atoms with Gasteiger partial charge in [0.15, 0.2) is 9.84 Å². The maximum atomic E-state index is 12.8. The van der Waals surface area contributed by atoms with Gasteiger partial charge in [0.1, 0.15) is 0 Å². The molecule has 6 nitrogen and oxygen atoms in total. The maximum Gasteiger partial charge on any atom is 0.251 e. The average Bonchev–Trinajstić information content (AvgIpc) is 3.04. The van der Waals surface area contributed by atoms with E-state index < -0.39 is 9.84 Å². The van der Waals surface area contributed by atoms with Gasteiger partial charge >= 0.3 is 0 Å². The number of nitrogens with one attached hydrogen (secondary N) is 1. The van der Waals surface area contributed by atoms with Gasteiger partial charge in [0, 0.05) is 48.8 Å². The van der Waals surface area contributed by atoms with Crippen molar-refractivity contribution in [1.82, 2.24) is 5.32 Å². The number of fused-ring (bicyclic) bond motifs is 1. The largest absolute Gasteiger partial charge is 0.377 e. The van der Waals surface area contributed by atoms with Gasteiger partial charge in [-0.15, -0.1) is 0 Å². The fourth-order valence-corrected chi connectivity index (χ4v) is 5.78.